The molecule has 0 saturated heterocycles. The molecular weight excluding hydrogens is 314 g/mol. The Morgan fingerprint density at radius 1 is 1.26 bits per heavy atom. The first-order chi connectivity index (χ1) is 10.9. The standard InChI is InChI=1S/C16H21N3O3S/c17-9-10-19-16(20)15-4-2-1-3-12(15)11-23(21,22)14-7-5-13(18)6-8-14/h5-8,12,15H,1-4,10-11,18H2,(H,19,20). The Balaban J connectivity index is 2.13. The van der Waals surface area contributed by atoms with Crippen molar-refractivity contribution in [3.63, 3.8) is 0 Å². The SMILES string of the molecule is N#CCNC(=O)C1CCCCC1CS(=O)(=O)c1ccc(N)cc1. The van der Waals surface area contributed by atoms with E-state index in [4.69, 9.17) is 11.0 Å². The molecule has 1 aromatic rings. The van der Waals surface area contributed by atoms with Crippen LogP contribution < -0.4 is 11.1 Å². The van der Waals surface area contributed by atoms with Crippen LogP contribution >= 0.6 is 0 Å². The third-order valence-electron chi connectivity index (χ3n) is 4.26. The highest BCUT2D eigenvalue weighted by atomic mass is 32.2. The zero-order chi connectivity index (χ0) is 16.9. The molecule has 0 spiro atoms. The molecule has 23 heavy (non-hydrogen) atoms. The van der Waals surface area contributed by atoms with Gasteiger partial charge in [-0.2, -0.15) is 5.26 Å². The normalized spacial score (nSPS) is 21.3. The molecule has 0 radical (unpaired) electrons. The molecule has 2 atom stereocenters. The lowest BCUT2D eigenvalue weighted by atomic mass is 9.80. The Kier molecular flexibility index (Phi) is 5.61. The summed E-state index contributed by atoms with van der Waals surface area (Å²) in [6, 6.07) is 7.99. The van der Waals surface area contributed by atoms with Gasteiger partial charge in [0.05, 0.1) is 16.7 Å². The number of rotatable bonds is 5. The second kappa shape index (κ2) is 7.47. The average molecular weight is 335 g/mol. The average Bonchev–Trinajstić information content (AvgIpc) is 2.53. The molecule has 124 valence electrons. The molecular formula is C16H21N3O3S. The van der Waals surface area contributed by atoms with Crippen LogP contribution in [0.4, 0.5) is 5.69 Å². The van der Waals surface area contributed by atoms with Gasteiger partial charge in [0.2, 0.25) is 5.91 Å². The number of nitrogens with zero attached hydrogens (tertiary/aromatic N) is 1. The maximum atomic E-state index is 12.6. The smallest absolute Gasteiger partial charge is 0.224 e. The second-order valence-electron chi connectivity index (χ2n) is 5.88. The fourth-order valence-corrected chi connectivity index (χ4v) is 4.77. The number of carbonyl (C=O) groups is 1. The molecule has 1 amide bonds. The molecule has 6 nitrogen and oxygen atoms in total. The number of amides is 1. The third kappa shape index (κ3) is 4.45. The highest BCUT2D eigenvalue weighted by Crippen LogP contribution is 2.32. The Labute approximate surface area is 136 Å². The van der Waals surface area contributed by atoms with Crippen LogP contribution in [0.5, 0.6) is 0 Å². The lowest BCUT2D eigenvalue weighted by Gasteiger charge is -2.30. The van der Waals surface area contributed by atoms with Crippen LogP contribution in [-0.4, -0.2) is 26.6 Å². The molecule has 2 rings (SSSR count). The molecule has 1 aliphatic carbocycles. The molecule has 1 aromatic carbocycles. The summed E-state index contributed by atoms with van der Waals surface area (Å²) in [7, 11) is -3.46. The number of hydrogen-bond donors (Lipinski definition) is 2. The van der Waals surface area contributed by atoms with Crippen molar-refractivity contribution in [3.8, 4) is 6.07 Å². The minimum absolute atomic E-state index is 0.0488. The quantitative estimate of drug-likeness (QED) is 0.625. The van der Waals surface area contributed by atoms with Gasteiger partial charge < -0.3 is 11.1 Å². The molecule has 1 fully saturated rings. The van der Waals surface area contributed by atoms with Gasteiger partial charge in [0.1, 0.15) is 6.54 Å². The summed E-state index contributed by atoms with van der Waals surface area (Å²) in [5.41, 5.74) is 6.10. The molecule has 3 N–H and O–H groups in total. The number of hydrogen-bond acceptors (Lipinski definition) is 5. The van der Waals surface area contributed by atoms with Crippen LogP contribution in [0.25, 0.3) is 0 Å². The van der Waals surface area contributed by atoms with Gasteiger partial charge in [-0.3, -0.25) is 4.79 Å². The van der Waals surface area contributed by atoms with Crippen molar-refractivity contribution in [2.45, 2.75) is 30.6 Å². The fraction of sp³-hybridized carbons (Fsp3) is 0.500. The third-order valence-corrected chi connectivity index (χ3v) is 6.12. The van der Waals surface area contributed by atoms with Gasteiger partial charge in [-0.1, -0.05) is 12.8 Å². The zero-order valence-corrected chi connectivity index (χ0v) is 13.7. The van der Waals surface area contributed by atoms with Gasteiger partial charge >= 0.3 is 0 Å². The highest BCUT2D eigenvalue weighted by molar-refractivity contribution is 7.91. The van der Waals surface area contributed by atoms with E-state index in [0.717, 1.165) is 12.8 Å². The van der Waals surface area contributed by atoms with Crippen LogP contribution in [-0.2, 0) is 14.6 Å². The van der Waals surface area contributed by atoms with Gasteiger partial charge in [-0.15, -0.1) is 0 Å². The number of benzene rings is 1. The van der Waals surface area contributed by atoms with Crippen LogP contribution in [0.2, 0.25) is 0 Å². The molecule has 1 saturated carbocycles. The van der Waals surface area contributed by atoms with E-state index >= 15 is 0 Å². The highest BCUT2D eigenvalue weighted by Gasteiger charge is 2.34. The first-order valence-corrected chi connectivity index (χ1v) is 9.32. The van der Waals surface area contributed by atoms with Crippen molar-refractivity contribution in [2.24, 2.45) is 11.8 Å². The number of nitrogens with one attached hydrogen (secondary N) is 1. The van der Waals surface area contributed by atoms with E-state index in [1.807, 2.05) is 6.07 Å². The molecule has 1 aliphatic rings. The van der Waals surface area contributed by atoms with E-state index in [1.165, 1.54) is 12.1 Å². The lowest BCUT2D eigenvalue weighted by Crippen LogP contribution is -2.39. The number of nitrogen functional groups attached to an aromatic ring is 1. The minimum Gasteiger partial charge on any atom is -0.399 e. The van der Waals surface area contributed by atoms with Crippen LogP contribution in [0.1, 0.15) is 25.7 Å². The Morgan fingerprint density at radius 2 is 1.91 bits per heavy atom. The first kappa shape index (κ1) is 17.3. The maximum Gasteiger partial charge on any atom is 0.224 e. The van der Waals surface area contributed by atoms with Crippen LogP contribution in [0.3, 0.4) is 0 Å². The van der Waals surface area contributed by atoms with Crippen molar-refractivity contribution >= 4 is 21.4 Å². The van der Waals surface area contributed by atoms with Crippen molar-refractivity contribution in [1.29, 1.82) is 5.26 Å². The molecule has 0 bridgehead atoms. The first-order valence-electron chi connectivity index (χ1n) is 7.67. The summed E-state index contributed by atoms with van der Waals surface area (Å²) in [5.74, 6) is -0.837. The Bertz CT molecular complexity index is 692. The molecule has 0 heterocycles. The summed E-state index contributed by atoms with van der Waals surface area (Å²) >= 11 is 0. The van der Waals surface area contributed by atoms with E-state index in [9.17, 15) is 13.2 Å². The molecule has 0 aliphatic heterocycles. The number of anilines is 1. The van der Waals surface area contributed by atoms with Crippen LogP contribution in [0.15, 0.2) is 29.2 Å². The maximum absolute atomic E-state index is 12.6. The number of carbonyl (C=O) groups excluding carboxylic acids is 1. The minimum atomic E-state index is -3.46. The van der Waals surface area contributed by atoms with Gasteiger partial charge in [-0.25, -0.2) is 8.42 Å². The predicted octanol–water partition coefficient (Wildman–Crippen LogP) is 1.49. The summed E-state index contributed by atoms with van der Waals surface area (Å²) < 4.78 is 25.1. The Morgan fingerprint density at radius 3 is 2.57 bits per heavy atom. The van der Waals surface area contributed by atoms with Crippen molar-refractivity contribution in [3.05, 3.63) is 24.3 Å². The molecule has 7 heteroatoms. The summed E-state index contributed by atoms with van der Waals surface area (Å²) in [6.45, 7) is -0.0488. The van der Waals surface area contributed by atoms with E-state index in [0.29, 0.717) is 18.5 Å². The summed E-state index contributed by atoms with van der Waals surface area (Å²) in [4.78, 5) is 12.4. The topological polar surface area (TPSA) is 113 Å². The van der Waals surface area contributed by atoms with Crippen molar-refractivity contribution < 1.29 is 13.2 Å². The number of nitriles is 1. The largest absolute Gasteiger partial charge is 0.399 e. The van der Waals surface area contributed by atoms with E-state index in [2.05, 4.69) is 5.32 Å². The summed E-state index contributed by atoms with van der Waals surface area (Å²) in [6.07, 6.45) is 3.20. The van der Waals surface area contributed by atoms with E-state index < -0.39 is 9.84 Å². The van der Waals surface area contributed by atoms with E-state index in [1.54, 1.807) is 12.1 Å². The van der Waals surface area contributed by atoms with Gasteiger partial charge in [0.25, 0.3) is 0 Å². The van der Waals surface area contributed by atoms with Gasteiger partial charge in [0, 0.05) is 11.6 Å². The second-order valence-corrected chi connectivity index (χ2v) is 7.91. The van der Waals surface area contributed by atoms with Crippen molar-refractivity contribution in [1.82, 2.24) is 5.32 Å². The number of sulfone groups is 1. The fourth-order valence-electron chi connectivity index (χ4n) is 3.06. The lowest BCUT2D eigenvalue weighted by molar-refractivity contribution is -0.127. The Hall–Kier alpha value is -2.07. The van der Waals surface area contributed by atoms with Crippen molar-refractivity contribution in [2.75, 3.05) is 18.0 Å². The molecule has 2 unspecified atom stereocenters. The summed E-state index contributed by atoms with van der Waals surface area (Å²) in [5, 5.41) is 11.1. The van der Waals surface area contributed by atoms with Gasteiger partial charge in [-0.05, 0) is 43.0 Å². The molecule has 0 aromatic heterocycles. The van der Waals surface area contributed by atoms with Crippen LogP contribution in [0, 0.1) is 23.2 Å². The van der Waals surface area contributed by atoms with E-state index in [-0.39, 0.29) is 34.9 Å². The predicted molar refractivity (Wildman–Crippen MR) is 87.0 cm³/mol. The zero-order valence-electron chi connectivity index (χ0n) is 12.9. The number of nitrogens with two attached hydrogens (primary N) is 1. The van der Waals surface area contributed by atoms with Gasteiger partial charge in [0.15, 0.2) is 9.84 Å². The monoisotopic (exact) mass is 335 g/mol.